The molecule has 5 nitrogen and oxygen atoms in total. The van der Waals surface area contributed by atoms with Gasteiger partial charge in [0.2, 0.25) is 0 Å². The number of carbonyl (C=O) groups is 2. The molecule has 0 aromatic heterocycles. The first kappa shape index (κ1) is 10.1. The second-order valence-electron chi connectivity index (χ2n) is 1.68. The maximum atomic E-state index is 10.2. The molecule has 1 heterocycles. The summed E-state index contributed by atoms with van der Waals surface area (Å²) in [5.74, 6) is -1.01. The van der Waals surface area contributed by atoms with Gasteiger partial charge in [0.15, 0.2) is 0 Å². The van der Waals surface area contributed by atoms with E-state index in [2.05, 4.69) is 15.9 Å². The molecule has 0 unspecified atom stereocenters. The summed E-state index contributed by atoms with van der Waals surface area (Å²) in [5.41, 5.74) is 0. The predicted molar refractivity (Wildman–Crippen MR) is 37.4 cm³/mol. The highest BCUT2D eigenvalue weighted by molar-refractivity contribution is 9.12. The quantitative estimate of drug-likeness (QED) is 0.473. The molecule has 0 atom stereocenters. The van der Waals surface area contributed by atoms with Crippen LogP contribution in [0.1, 0.15) is 12.8 Å². The molecule has 1 rings (SSSR count). The Balaban J connectivity index is 0.000000292. The van der Waals surface area contributed by atoms with E-state index in [1.807, 2.05) is 0 Å². The first-order chi connectivity index (χ1) is 5.13. The first-order valence-corrected chi connectivity index (χ1v) is 3.47. The Kier molecular flexibility index (Phi) is 4.41. The fraction of sp³-hybridized carbons (Fsp3) is 0.400. The zero-order valence-corrected chi connectivity index (χ0v) is 7.04. The van der Waals surface area contributed by atoms with E-state index in [1.54, 1.807) is 4.98 Å². The molecular weight excluding hydrogens is 216 g/mol. The highest BCUT2D eigenvalue weighted by Crippen LogP contribution is 2.06. The number of nitriles is 1. The molecule has 1 aliphatic rings. The number of hydroxylamine groups is 2. The van der Waals surface area contributed by atoms with Gasteiger partial charge in [-0.2, -0.15) is 10.3 Å². The van der Waals surface area contributed by atoms with Gasteiger partial charge in [-0.1, -0.05) is 0 Å². The Hall–Kier alpha value is -0.930. The zero-order valence-electron chi connectivity index (χ0n) is 5.45. The monoisotopic (exact) mass is 220 g/mol. The number of halogens is 1. The van der Waals surface area contributed by atoms with Gasteiger partial charge in [0.25, 0.3) is 11.8 Å². The van der Waals surface area contributed by atoms with Gasteiger partial charge >= 0.3 is 0 Å². The summed E-state index contributed by atoms with van der Waals surface area (Å²) in [5, 5.41) is 15.8. The Morgan fingerprint density at radius 3 is 1.82 bits per heavy atom. The fourth-order valence-corrected chi connectivity index (χ4v) is 0.565. The van der Waals surface area contributed by atoms with Crippen LogP contribution in [0.4, 0.5) is 0 Å². The Bertz CT molecular complexity index is 194. The lowest BCUT2D eigenvalue weighted by atomic mass is 10.4. The summed E-state index contributed by atoms with van der Waals surface area (Å²) in [6.07, 6.45) is 0.296. The van der Waals surface area contributed by atoms with Crippen molar-refractivity contribution >= 4 is 27.7 Å². The summed E-state index contributed by atoms with van der Waals surface area (Å²) < 4.78 is 0. The molecule has 0 aromatic rings. The average Bonchev–Trinajstić information content (AvgIpc) is 2.22. The largest absolute Gasteiger partial charge is 0.279 e. The van der Waals surface area contributed by atoms with Crippen molar-refractivity contribution < 1.29 is 14.8 Å². The van der Waals surface area contributed by atoms with E-state index in [-0.39, 0.29) is 17.9 Å². The second-order valence-corrected chi connectivity index (χ2v) is 2.04. The summed E-state index contributed by atoms with van der Waals surface area (Å²) in [4.78, 5) is 22.0. The van der Waals surface area contributed by atoms with Gasteiger partial charge in [0.1, 0.15) is 4.98 Å². The van der Waals surface area contributed by atoms with Crippen LogP contribution in [0, 0.1) is 10.2 Å². The van der Waals surface area contributed by atoms with Gasteiger partial charge in [-0.05, 0) is 0 Å². The highest BCUT2D eigenvalue weighted by Gasteiger charge is 2.26. The van der Waals surface area contributed by atoms with Gasteiger partial charge in [-0.25, -0.2) is 0 Å². The van der Waals surface area contributed by atoms with E-state index < -0.39 is 11.8 Å². The average molecular weight is 221 g/mol. The second kappa shape index (κ2) is 4.82. The van der Waals surface area contributed by atoms with Crippen molar-refractivity contribution in [1.82, 2.24) is 5.06 Å². The van der Waals surface area contributed by atoms with Crippen LogP contribution in [0.25, 0.3) is 0 Å². The summed E-state index contributed by atoms with van der Waals surface area (Å²) in [6, 6.07) is 0. The van der Waals surface area contributed by atoms with Crippen molar-refractivity contribution in [3.8, 4) is 4.98 Å². The van der Waals surface area contributed by atoms with Crippen LogP contribution < -0.4 is 0 Å². The van der Waals surface area contributed by atoms with Crippen LogP contribution in [0.5, 0.6) is 0 Å². The minimum Gasteiger partial charge on any atom is -0.279 e. The lowest BCUT2D eigenvalue weighted by molar-refractivity contribution is -0.171. The molecule has 0 bridgehead atoms. The van der Waals surface area contributed by atoms with Gasteiger partial charge in [0, 0.05) is 28.8 Å². The Labute approximate surface area is 71.3 Å². The van der Waals surface area contributed by atoms with E-state index in [1.165, 1.54) is 0 Å². The SMILES string of the molecule is N#CBr.O=C1CCC(=O)N1O. The number of hydrogen-bond donors (Lipinski definition) is 1. The van der Waals surface area contributed by atoms with E-state index in [9.17, 15) is 9.59 Å². The molecule has 11 heavy (non-hydrogen) atoms. The summed E-state index contributed by atoms with van der Waals surface area (Å²) >= 11 is 2.45. The van der Waals surface area contributed by atoms with Gasteiger partial charge < -0.3 is 0 Å². The molecule has 1 aliphatic heterocycles. The third-order valence-corrected chi connectivity index (χ3v) is 1.03. The minimum absolute atomic E-state index is 0.148. The smallest absolute Gasteiger partial charge is 0.253 e. The first-order valence-electron chi connectivity index (χ1n) is 2.68. The fourth-order valence-electron chi connectivity index (χ4n) is 0.565. The van der Waals surface area contributed by atoms with Crippen molar-refractivity contribution in [3.05, 3.63) is 0 Å². The van der Waals surface area contributed by atoms with Crippen molar-refractivity contribution in [3.63, 3.8) is 0 Å². The van der Waals surface area contributed by atoms with E-state index in [4.69, 9.17) is 10.5 Å². The molecule has 0 radical (unpaired) electrons. The molecule has 6 heteroatoms. The standard InChI is InChI=1S/C4H5NO3.CBrN/c6-3-1-2-4(7)5(3)8;2-1-3/h8H,1-2H2;. The number of amides is 2. The van der Waals surface area contributed by atoms with Crippen LogP contribution in [-0.2, 0) is 9.59 Å². The van der Waals surface area contributed by atoms with Crippen molar-refractivity contribution in [1.29, 1.82) is 5.26 Å². The molecule has 1 saturated heterocycles. The topological polar surface area (TPSA) is 81.4 Å². The lowest BCUT2D eigenvalue weighted by Crippen LogP contribution is -2.24. The van der Waals surface area contributed by atoms with Crippen molar-refractivity contribution in [2.75, 3.05) is 0 Å². The normalized spacial score (nSPS) is 15.5. The zero-order chi connectivity index (χ0) is 8.85. The number of rotatable bonds is 0. The van der Waals surface area contributed by atoms with Crippen molar-refractivity contribution in [2.24, 2.45) is 0 Å². The predicted octanol–water partition coefficient (Wildman–Crippen LogP) is 0.387. The van der Waals surface area contributed by atoms with Gasteiger partial charge in [0.05, 0.1) is 0 Å². The number of hydrogen-bond acceptors (Lipinski definition) is 4. The molecule has 60 valence electrons. The van der Waals surface area contributed by atoms with Crippen LogP contribution >= 0.6 is 15.9 Å². The van der Waals surface area contributed by atoms with E-state index in [0.29, 0.717) is 0 Å². The van der Waals surface area contributed by atoms with Gasteiger partial charge in [-0.15, -0.1) is 0 Å². The molecule has 0 aromatic carbocycles. The summed E-state index contributed by atoms with van der Waals surface area (Å²) in [7, 11) is 0. The van der Waals surface area contributed by atoms with Crippen LogP contribution in [-0.4, -0.2) is 22.1 Å². The van der Waals surface area contributed by atoms with Crippen LogP contribution in [0.3, 0.4) is 0 Å². The molecule has 0 spiro atoms. The maximum Gasteiger partial charge on any atom is 0.253 e. The minimum atomic E-state index is -0.505. The third kappa shape index (κ3) is 3.11. The van der Waals surface area contributed by atoms with Crippen molar-refractivity contribution in [2.45, 2.75) is 12.8 Å². The number of imide groups is 1. The molecule has 2 amide bonds. The molecule has 0 aliphatic carbocycles. The number of nitrogens with zero attached hydrogens (tertiary/aromatic N) is 2. The van der Waals surface area contributed by atoms with Gasteiger partial charge in [-0.3, -0.25) is 14.8 Å². The highest BCUT2D eigenvalue weighted by atomic mass is 79.9. The summed E-state index contributed by atoms with van der Waals surface area (Å²) in [6.45, 7) is 0. The molecule has 1 N–H and O–H groups in total. The Morgan fingerprint density at radius 2 is 1.73 bits per heavy atom. The van der Waals surface area contributed by atoms with Crippen LogP contribution in [0.15, 0.2) is 0 Å². The maximum absolute atomic E-state index is 10.2. The van der Waals surface area contributed by atoms with E-state index >= 15 is 0 Å². The molecular formula is C5H5BrN2O3. The third-order valence-electron chi connectivity index (χ3n) is 1.03. The lowest BCUT2D eigenvalue weighted by Gasteiger charge is -1.98. The van der Waals surface area contributed by atoms with E-state index in [0.717, 1.165) is 0 Å². The number of carbonyl (C=O) groups excluding carboxylic acids is 2. The Morgan fingerprint density at radius 1 is 1.45 bits per heavy atom. The molecule has 0 saturated carbocycles. The van der Waals surface area contributed by atoms with Crippen LogP contribution in [0.2, 0.25) is 0 Å². The molecule has 1 fully saturated rings.